The summed E-state index contributed by atoms with van der Waals surface area (Å²) in [4.78, 5) is 16.5. The highest BCUT2D eigenvalue weighted by molar-refractivity contribution is 7.12. The Bertz CT molecular complexity index is 568. The number of nitrogens with zero attached hydrogens (tertiary/aromatic N) is 1. The van der Waals surface area contributed by atoms with E-state index in [1.54, 1.807) is 30.6 Å². The van der Waals surface area contributed by atoms with E-state index in [0.717, 1.165) is 0 Å². The number of aryl methyl sites for hydroxylation is 1. The highest BCUT2D eigenvalue weighted by Gasteiger charge is 2.12. The van der Waals surface area contributed by atoms with Gasteiger partial charge in [0, 0.05) is 5.02 Å². The molecule has 17 heavy (non-hydrogen) atoms. The lowest BCUT2D eigenvalue weighted by molar-refractivity contribution is 0.103. The normalized spacial score (nSPS) is 10.2. The molecule has 1 aromatic heterocycles. The molecule has 4 nitrogen and oxygen atoms in total. The van der Waals surface area contributed by atoms with E-state index in [9.17, 15) is 4.79 Å². The SMILES string of the molecule is Cc1ncsc1C(=O)Nc1ccc(Cl)cc1N. The van der Waals surface area contributed by atoms with E-state index in [2.05, 4.69) is 10.3 Å². The highest BCUT2D eigenvalue weighted by atomic mass is 35.5. The van der Waals surface area contributed by atoms with Crippen LogP contribution in [0.2, 0.25) is 5.02 Å². The molecule has 0 saturated heterocycles. The number of nitrogens with one attached hydrogen (secondary N) is 1. The van der Waals surface area contributed by atoms with Crippen LogP contribution < -0.4 is 11.1 Å². The fourth-order valence-electron chi connectivity index (χ4n) is 1.35. The first-order chi connectivity index (χ1) is 8.08. The number of nitrogen functional groups attached to an aromatic ring is 1. The molecule has 0 fully saturated rings. The molecule has 0 saturated carbocycles. The molecule has 2 aromatic rings. The quantitative estimate of drug-likeness (QED) is 0.822. The fraction of sp³-hybridized carbons (Fsp3) is 0.0909. The molecular weight excluding hydrogens is 258 g/mol. The number of hydrogen-bond donors (Lipinski definition) is 2. The van der Waals surface area contributed by atoms with Crippen LogP contribution in [0.15, 0.2) is 23.7 Å². The van der Waals surface area contributed by atoms with Gasteiger partial charge in [-0.1, -0.05) is 11.6 Å². The van der Waals surface area contributed by atoms with E-state index < -0.39 is 0 Å². The van der Waals surface area contributed by atoms with Gasteiger partial charge in [-0.25, -0.2) is 4.98 Å². The number of thiazole rings is 1. The van der Waals surface area contributed by atoms with Crippen LogP contribution in [-0.2, 0) is 0 Å². The van der Waals surface area contributed by atoms with Gasteiger partial charge in [-0.15, -0.1) is 11.3 Å². The minimum atomic E-state index is -0.209. The van der Waals surface area contributed by atoms with Crippen LogP contribution in [-0.4, -0.2) is 10.9 Å². The molecule has 0 aliphatic rings. The van der Waals surface area contributed by atoms with Gasteiger partial charge in [0.15, 0.2) is 0 Å². The third kappa shape index (κ3) is 2.57. The Morgan fingerprint density at radius 2 is 2.29 bits per heavy atom. The molecule has 1 aromatic carbocycles. The van der Waals surface area contributed by atoms with Crippen molar-refractivity contribution in [1.82, 2.24) is 4.98 Å². The van der Waals surface area contributed by atoms with E-state index in [1.807, 2.05) is 0 Å². The first-order valence-corrected chi connectivity index (χ1v) is 6.10. The van der Waals surface area contributed by atoms with Crippen molar-refractivity contribution in [2.24, 2.45) is 0 Å². The number of aromatic nitrogens is 1. The molecule has 0 spiro atoms. The number of carbonyl (C=O) groups excluding carboxylic acids is 1. The van der Waals surface area contributed by atoms with E-state index in [0.29, 0.717) is 27.0 Å². The lowest BCUT2D eigenvalue weighted by Crippen LogP contribution is -2.12. The lowest BCUT2D eigenvalue weighted by Gasteiger charge is -2.07. The van der Waals surface area contributed by atoms with Crippen LogP contribution in [0.1, 0.15) is 15.4 Å². The molecule has 6 heteroatoms. The second-order valence-corrected chi connectivity index (χ2v) is 4.74. The summed E-state index contributed by atoms with van der Waals surface area (Å²) < 4.78 is 0. The van der Waals surface area contributed by atoms with Gasteiger partial charge in [0.25, 0.3) is 5.91 Å². The monoisotopic (exact) mass is 267 g/mol. The largest absolute Gasteiger partial charge is 0.397 e. The number of anilines is 2. The summed E-state index contributed by atoms with van der Waals surface area (Å²) in [5, 5.41) is 3.27. The summed E-state index contributed by atoms with van der Waals surface area (Å²) in [6.07, 6.45) is 0. The van der Waals surface area contributed by atoms with E-state index in [4.69, 9.17) is 17.3 Å². The maximum absolute atomic E-state index is 11.9. The van der Waals surface area contributed by atoms with Crippen LogP contribution in [0.4, 0.5) is 11.4 Å². The molecular formula is C11H10ClN3OS. The average molecular weight is 268 g/mol. The number of hydrogen-bond acceptors (Lipinski definition) is 4. The highest BCUT2D eigenvalue weighted by Crippen LogP contribution is 2.24. The zero-order chi connectivity index (χ0) is 12.4. The predicted octanol–water partition coefficient (Wildman–Crippen LogP) is 2.94. The van der Waals surface area contributed by atoms with Gasteiger partial charge in [0.2, 0.25) is 0 Å². The molecule has 3 N–H and O–H groups in total. The second-order valence-electron chi connectivity index (χ2n) is 3.45. The van der Waals surface area contributed by atoms with Crippen LogP contribution in [0, 0.1) is 6.92 Å². The molecule has 0 bridgehead atoms. The molecule has 1 amide bonds. The first-order valence-electron chi connectivity index (χ1n) is 4.84. The van der Waals surface area contributed by atoms with Gasteiger partial charge in [0.05, 0.1) is 22.6 Å². The summed E-state index contributed by atoms with van der Waals surface area (Å²) in [6, 6.07) is 4.94. The maximum atomic E-state index is 11.9. The molecule has 0 unspecified atom stereocenters. The molecule has 0 aliphatic heterocycles. The van der Waals surface area contributed by atoms with Crippen LogP contribution in [0.3, 0.4) is 0 Å². The van der Waals surface area contributed by atoms with Crippen molar-refractivity contribution in [3.05, 3.63) is 39.3 Å². The predicted molar refractivity (Wildman–Crippen MR) is 70.7 cm³/mol. The Balaban J connectivity index is 2.22. The Morgan fingerprint density at radius 1 is 1.53 bits per heavy atom. The van der Waals surface area contributed by atoms with E-state index in [1.165, 1.54) is 11.3 Å². The van der Waals surface area contributed by atoms with Gasteiger partial charge >= 0.3 is 0 Å². The van der Waals surface area contributed by atoms with Gasteiger partial charge in [-0.05, 0) is 25.1 Å². The first kappa shape index (κ1) is 11.9. The number of carbonyl (C=O) groups is 1. The van der Waals surface area contributed by atoms with E-state index in [-0.39, 0.29) is 5.91 Å². The van der Waals surface area contributed by atoms with E-state index >= 15 is 0 Å². The van der Waals surface area contributed by atoms with Crippen molar-refractivity contribution in [3.8, 4) is 0 Å². The van der Waals surface area contributed by atoms with Crippen LogP contribution in [0.25, 0.3) is 0 Å². The number of rotatable bonds is 2. The summed E-state index contributed by atoms with van der Waals surface area (Å²) in [6.45, 7) is 1.79. The molecule has 1 heterocycles. The van der Waals surface area contributed by atoms with Crippen molar-refractivity contribution < 1.29 is 4.79 Å². The molecule has 0 radical (unpaired) electrons. The summed E-state index contributed by atoms with van der Waals surface area (Å²) >= 11 is 7.07. The van der Waals surface area contributed by atoms with Gasteiger partial charge < -0.3 is 11.1 Å². The van der Waals surface area contributed by atoms with Crippen LogP contribution >= 0.6 is 22.9 Å². The Morgan fingerprint density at radius 3 is 2.88 bits per heavy atom. The fourth-order valence-corrected chi connectivity index (χ4v) is 2.22. The third-order valence-corrected chi connectivity index (χ3v) is 3.38. The second kappa shape index (κ2) is 4.73. The number of nitrogens with two attached hydrogens (primary N) is 1. The van der Waals surface area contributed by atoms with Crippen molar-refractivity contribution in [2.75, 3.05) is 11.1 Å². The lowest BCUT2D eigenvalue weighted by atomic mass is 10.2. The minimum absolute atomic E-state index is 0.209. The Kier molecular flexibility index (Phi) is 3.31. The topological polar surface area (TPSA) is 68.0 Å². The standard InChI is InChI=1S/C11H10ClN3OS/c1-6-10(17-5-14-6)11(16)15-9-3-2-7(12)4-8(9)13/h2-5H,13H2,1H3,(H,15,16). The van der Waals surface area contributed by atoms with Gasteiger partial charge in [-0.2, -0.15) is 0 Å². The van der Waals surface area contributed by atoms with Crippen molar-refractivity contribution in [2.45, 2.75) is 6.92 Å². The van der Waals surface area contributed by atoms with Gasteiger partial charge in [-0.3, -0.25) is 4.79 Å². The molecule has 2 rings (SSSR count). The Hall–Kier alpha value is -1.59. The molecule has 0 atom stereocenters. The zero-order valence-corrected chi connectivity index (χ0v) is 10.6. The van der Waals surface area contributed by atoms with Crippen molar-refractivity contribution in [3.63, 3.8) is 0 Å². The van der Waals surface area contributed by atoms with Crippen molar-refractivity contribution >= 4 is 40.2 Å². The van der Waals surface area contributed by atoms with Crippen molar-refractivity contribution in [1.29, 1.82) is 0 Å². The Labute approximate surface area is 107 Å². The van der Waals surface area contributed by atoms with Gasteiger partial charge in [0.1, 0.15) is 4.88 Å². The summed E-state index contributed by atoms with van der Waals surface area (Å²) in [7, 11) is 0. The van der Waals surface area contributed by atoms with Crippen LogP contribution in [0.5, 0.6) is 0 Å². The minimum Gasteiger partial charge on any atom is -0.397 e. The summed E-state index contributed by atoms with van der Waals surface area (Å²) in [5.74, 6) is -0.209. The average Bonchev–Trinajstić information content (AvgIpc) is 2.68. The third-order valence-electron chi connectivity index (χ3n) is 2.21. The number of amides is 1. The molecule has 0 aliphatic carbocycles. The zero-order valence-electron chi connectivity index (χ0n) is 9.03. The number of halogens is 1. The maximum Gasteiger partial charge on any atom is 0.267 e. The number of benzene rings is 1. The smallest absolute Gasteiger partial charge is 0.267 e. The summed E-state index contributed by atoms with van der Waals surface area (Å²) in [5.41, 5.74) is 9.08. The molecule has 88 valence electrons.